The smallest absolute Gasteiger partial charge is 0.324 e. The van der Waals surface area contributed by atoms with Crippen LogP contribution in [0.5, 0.6) is 0 Å². The van der Waals surface area contributed by atoms with E-state index in [2.05, 4.69) is 10.6 Å². The summed E-state index contributed by atoms with van der Waals surface area (Å²) in [5.74, 6) is -0.726. The molecule has 0 unspecified atom stereocenters. The monoisotopic (exact) mass is 400 g/mol. The van der Waals surface area contributed by atoms with Crippen LogP contribution < -0.4 is 15.5 Å². The molecular formula is C21H28N4O4. The zero-order valence-electron chi connectivity index (χ0n) is 17.0. The molecule has 1 aromatic carbocycles. The molecule has 2 aliphatic heterocycles. The Kier molecular flexibility index (Phi) is 6.20. The highest BCUT2D eigenvalue weighted by molar-refractivity contribution is 6.10. The van der Waals surface area contributed by atoms with Crippen molar-refractivity contribution in [3.8, 4) is 0 Å². The Balaban J connectivity index is 1.67. The lowest BCUT2D eigenvalue weighted by Gasteiger charge is -2.25. The van der Waals surface area contributed by atoms with Gasteiger partial charge >= 0.3 is 6.03 Å². The Hall–Kier alpha value is -2.90. The summed E-state index contributed by atoms with van der Waals surface area (Å²) < 4.78 is 0. The molecule has 0 aromatic heterocycles. The minimum Gasteiger partial charge on any atom is -0.324 e. The van der Waals surface area contributed by atoms with E-state index in [4.69, 9.17) is 0 Å². The second kappa shape index (κ2) is 8.63. The number of nitrogens with zero attached hydrogens (tertiary/aromatic N) is 2. The number of carbonyl (C=O) groups is 4. The Labute approximate surface area is 170 Å². The first-order valence-electron chi connectivity index (χ1n) is 10.2. The Morgan fingerprint density at radius 1 is 1.17 bits per heavy atom. The molecule has 3 rings (SSSR count). The molecule has 1 aromatic rings. The molecule has 0 spiro atoms. The molecule has 0 radical (unpaired) electrons. The average molecular weight is 400 g/mol. The standard InChI is InChI=1S/C21H28N4O4/c1-3-10-21(11-4-2)19(28)25(20(29)23-21)14-17(26)22-15-7-5-8-16(13-15)24-12-6-9-18(24)27/h5,7-8,13H,3-4,6,9-12,14H2,1-2H3,(H,22,26)(H,23,29). The average Bonchev–Trinajstić information content (AvgIpc) is 3.20. The number of amides is 5. The van der Waals surface area contributed by atoms with Crippen LogP contribution in [-0.4, -0.2) is 47.3 Å². The van der Waals surface area contributed by atoms with Gasteiger partial charge in [0.15, 0.2) is 0 Å². The van der Waals surface area contributed by atoms with Gasteiger partial charge in [-0.15, -0.1) is 0 Å². The van der Waals surface area contributed by atoms with Crippen LogP contribution in [0.25, 0.3) is 0 Å². The van der Waals surface area contributed by atoms with Gasteiger partial charge in [0.1, 0.15) is 12.1 Å². The van der Waals surface area contributed by atoms with Crippen molar-refractivity contribution in [1.29, 1.82) is 0 Å². The van der Waals surface area contributed by atoms with Crippen molar-refractivity contribution < 1.29 is 19.2 Å². The van der Waals surface area contributed by atoms with Gasteiger partial charge in [0, 0.05) is 24.3 Å². The molecule has 2 heterocycles. The van der Waals surface area contributed by atoms with Gasteiger partial charge in [0.05, 0.1) is 0 Å². The second-order valence-electron chi connectivity index (χ2n) is 7.65. The number of hydrogen-bond acceptors (Lipinski definition) is 4. The topological polar surface area (TPSA) is 98.8 Å². The molecule has 5 amide bonds. The van der Waals surface area contributed by atoms with E-state index in [0.29, 0.717) is 31.5 Å². The van der Waals surface area contributed by atoms with Gasteiger partial charge in [-0.2, -0.15) is 0 Å². The van der Waals surface area contributed by atoms with Crippen molar-refractivity contribution in [3.63, 3.8) is 0 Å². The number of carbonyl (C=O) groups excluding carboxylic acids is 4. The predicted molar refractivity (Wildman–Crippen MR) is 109 cm³/mol. The molecule has 0 atom stereocenters. The quantitative estimate of drug-likeness (QED) is 0.655. The van der Waals surface area contributed by atoms with Gasteiger partial charge in [-0.3, -0.25) is 19.3 Å². The minimum absolute atomic E-state index is 0.0657. The van der Waals surface area contributed by atoms with E-state index in [-0.39, 0.29) is 18.4 Å². The number of urea groups is 1. The maximum atomic E-state index is 12.9. The van der Waals surface area contributed by atoms with Crippen molar-refractivity contribution in [2.24, 2.45) is 0 Å². The van der Waals surface area contributed by atoms with Crippen molar-refractivity contribution in [2.45, 2.75) is 57.9 Å². The summed E-state index contributed by atoms with van der Waals surface area (Å²) >= 11 is 0. The van der Waals surface area contributed by atoms with Crippen molar-refractivity contribution >= 4 is 35.1 Å². The van der Waals surface area contributed by atoms with Crippen LogP contribution in [0.1, 0.15) is 52.4 Å². The van der Waals surface area contributed by atoms with E-state index in [1.165, 1.54) is 0 Å². The van der Waals surface area contributed by atoms with Gasteiger partial charge in [-0.25, -0.2) is 4.79 Å². The molecule has 156 valence electrons. The van der Waals surface area contributed by atoms with E-state index in [1.54, 1.807) is 23.1 Å². The third-order valence-corrected chi connectivity index (χ3v) is 5.42. The maximum absolute atomic E-state index is 12.9. The maximum Gasteiger partial charge on any atom is 0.325 e. The molecule has 2 saturated heterocycles. The molecule has 2 fully saturated rings. The summed E-state index contributed by atoms with van der Waals surface area (Å²) in [6.45, 7) is 4.25. The van der Waals surface area contributed by atoms with Crippen molar-refractivity contribution in [2.75, 3.05) is 23.3 Å². The Bertz CT molecular complexity index is 817. The predicted octanol–water partition coefficient (Wildman–Crippen LogP) is 2.64. The fraction of sp³-hybridized carbons (Fsp3) is 0.524. The largest absolute Gasteiger partial charge is 0.325 e. The summed E-state index contributed by atoms with van der Waals surface area (Å²) in [5.41, 5.74) is 0.342. The molecule has 2 N–H and O–H groups in total. The SMILES string of the molecule is CCCC1(CCC)NC(=O)N(CC(=O)Nc2cccc(N3CCCC3=O)c2)C1=O. The van der Waals surface area contributed by atoms with Crippen LogP contribution in [0, 0.1) is 0 Å². The Morgan fingerprint density at radius 2 is 1.90 bits per heavy atom. The summed E-state index contributed by atoms with van der Waals surface area (Å²) in [5, 5.41) is 5.53. The number of rotatable bonds is 8. The first kappa shape index (κ1) is 20.8. The van der Waals surface area contributed by atoms with Crippen molar-refractivity contribution in [3.05, 3.63) is 24.3 Å². The molecule has 0 saturated carbocycles. The molecule has 0 aliphatic carbocycles. The molecule has 29 heavy (non-hydrogen) atoms. The number of hydrogen-bond donors (Lipinski definition) is 2. The summed E-state index contributed by atoms with van der Waals surface area (Å²) in [6.07, 6.45) is 3.96. The molecule has 2 aliphatic rings. The fourth-order valence-corrected chi connectivity index (χ4v) is 4.15. The van der Waals surface area contributed by atoms with Gasteiger partial charge in [0.25, 0.3) is 5.91 Å². The van der Waals surface area contributed by atoms with Gasteiger partial charge in [-0.05, 0) is 37.5 Å². The van der Waals surface area contributed by atoms with Crippen LogP contribution in [0.15, 0.2) is 24.3 Å². The second-order valence-corrected chi connectivity index (χ2v) is 7.65. The molecule has 0 bridgehead atoms. The van der Waals surface area contributed by atoms with Crippen LogP contribution in [0.4, 0.5) is 16.2 Å². The zero-order chi connectivity index (χ0) is 21.0. The van der Waals surface area contributed by atoms with Gasteiger partial charge in [-0.1, -0.05) is 32.8 Å². The van der Waals surface area contributed by atoms with Gasteiger partial charge in [0.2, 0.25) is 11.8 Å². The third kappa shape index (κ3) is 4.26. The van der Waals surface area contributed by atoms with E-state index in [0.717, 1.165) is 29.8 Å². The Morgan fingerprint density at radius 3 is 2.52 bits per heavy atom. The lowest BCUT2D eigenvalue weighted by Crippen LogP contribution is -2.47. The summed E-state index contributed by atoms with van der Waals surface area (Å²) in [4.78, 5) is 52.4. The normalized spacial score (nSPS) is 18.3. The van der Waals surface area contributed by atoms with Crippen molar-refractivity contribution in [1.82, 2.24) is 10.2 Å². The first-order chi connectivity index (χ1) is 13.9. The number of imide groups is 1. The fourth-order valence-electron chi connectivity index (χ4n) is 4.15. The molecular weight excluding hydrogens is 372 g/mol. The summed E-state index contributed by atoms with van der Waals surface area (Å²) in [7, 11) is 0. The van der Waals surface area contributed by atoms with Crippen LogP contribution in [0.2, 0.25) is 0 Å². The van der Waals surface area contributed by atoms with Crippen LogP contribution in [0.3, 0.4) is 0 Å². The highest BCUT2D eigenvalue weighted by Gasteiger charge is 2.50. The van der Waals surface area contributed by atoms with Crippen LogP contribution >= 0.6 is 0 Å². The van der Waals surface area contributed by atoms with E-state index in [1.807, 2.05) is 19.9 Å². The van der Waals surface area contributed by atoms with Gasteiger partial charge < -0.3 is 15.5 Å². The summed E-state index contributed by atoms with van der Waals surface area (Å²) in [6, 6.07) is 6.50. The zero-order valence-corrected chi connectivity index (χ0v) is 17.0. The van der Waals surface area contributed by atoms with Crippen LogP contribution in [-0.2, 0) is 14.4 Å². The number of nitrogens with one attached hydrogen (secondary N) is 2. The lowest BCUT2D eigenvalue weighted by molar-refractivity contribution is -0.134. The number of benzene rings is 1. The highest BCUT2D eigenvalue weighted by Crippen LogP contribution is 2.28. The third-order valence-electron chi connectivity index (χ3n) is 5.42. The highest BCUT2D eigenvalue weighted by atomic mass is 16.2. The molecule has 8 heteroatoms. The van der Waals surface area contributed by atoms with E-state index in [9.17, 15) is 19.2 Å². The first-order valence-corrected chi connectivity index (χ1v) is 10.2. The molecule has 8 nitrogen and oxygen atoms in total. The van der Waals surface area contributed by atoms with E-state index < -0.39 is 17.5 Å². The number of anilines is 2. The minimum atomic E-state index is -0.906. The van der Waals surface area contributed by atoms with E-state index >= 15 is 0 Å². The lowest BCUT2D eigenvalue weighted by atomic mass is 9.88.